The second-order valence-electron chi connectivity index (χ2n) is 8.99. The molecule has 0 aromatic heterocycles. The van der Waals surface area contributed by atoms with E-state index in [0.29, 0.717) is 18.2 Å². The van der Waals surface area contributed by atoms with Gasteiger partial charge in [0.05, 0.1) is 10.6 Å². The third-order valence-electron chi connectivity index (χ3n) is 6.10. The summed E-state index contributed by atoms with van der Waals surface area (Å²) in [5, 5.41) is 5.06. The van der Waals surface area contributed by atoms with Crippen LogP contribution in [0.15, 0.2) is 95.9 Å². The highest BCUT2D eigenvalue weighted by Gasteiger charge is 2.27. The Hall–Kier alpha value is -3.64. The maximum absolute atomic E-state index is 13.6. The van der Waals surface area contributed by atoms with Gasteiger partial charge in [-0.15, -0.1) is 0 Å². The first kappa shape index (κ1) is 24.5. The Morgan fingerprint density at radius 3 is 2.20 bits per heavy atom. The lowest BCUT2D eigenvalue weighted by Gasteiger charge is -2.24. The summed E-state index contributed by atoms with van der Waals surface area (Å²) in [6, 6.07) is 27.9. The van der Waals surface area contributed by atoms with E-state index in [2.05, 4.69) is 19.2 Å². The van der Waals surface area contributed by atoms with Gasteiger partial charge >= 0.3 is 0 Å². The maximum Gasteiger partial charge on any atom is 0.264 e. The number of hydrogen-bond donors (Lipinski definition) is 1. The third kappa shape index (κ3) is 5.54. The molecular formula is C29H30N2O3S. The second-order valence-corrected chi connectivity index (χ2v) is 10.8. The number of carbonyl (C=O) groups excluding carboxylic acids is 1. The molecule has 0 spiro atoms. The highest BCUT2D eigenvalue weighted by molar-refractivity contribution is 7.92. The maximum atomic E-state index is 13.6. The van der Waals surface area contributed by atoms with Crippen LogP contribution in [-0.2, 0) is 21.4 Å². The molecule has 0 aliphatic carbocycles. The molecule has 1 N–H and O–H groups in total. The molecule has 1 amide bonds. The molecule has 4 aromatic rings. The number of carbonyl (C=O) groups is 1. The molecule has 0 saturated carbocycles. The molecule has 35 heavy (non-hydrogen) atoms. The summed E-state index contributed by atoms with van der Waals surface area (Å²) in [5.41, 5.74) is 3.49. The van der Waals surface area contributed by atoms with Crippen LogP contribution < -0.4 is 9.62 Å². The lowest BCUT2D eigenvalue weighted by molar-refractivity contribution is -0.119. The molecule has 0 aliphatic rings. The van der Waals surface area contributed by atoms with Crippen molar-refractivity contribution in [2.24, 2.45) is 0 Å². The van der Waals surface area contributed by atoms with Gasteiger partial charge in [0.15, 0.2) is 0 Å². The van der Waals surface area contributed by atoms with Gasteiger partial charge in [0, 0.05) is 6.54 Å². The summed E-state index contributed by atoms with van der Waals surface area (Å²) in [4.78, 5) is 13.2. The molecule has 4 rings (SSSR count). The van der Waals surface area contributed by atoms with Crippen LogP contribution in [-0.4, -0.2) is 20.9 Å². The van der Waals surface area contributed by atoms with E-state index in [1.807, 2.05) is 61.5 Å². The van der Waals surface area contributed by atoms with Gasteiger partial charge < -0.3 is 5.32 Å². The standard InChI is InChI=1S/C29H30N2O3S/c1-21(2)23-13-15-26(16-14-23)31(35(33,34)27-17-11-22(3)12-18-27)20-29(32)30-19-25-9-6-8-24-7-4-5-10-28(24)25/h4-18,21H,19-20H2,1-3H3,(H,30,32). The summed E-state index contributed by atoms with van der Waals surface area (Å²) in [5.74, 6) is -0.0586. The molecule has 180 valence electrons. The second kappa shape index (κ2) is 10.3. The molecule has 0 fully saturated rings. The van der Waals surface area contributed by atoms with Gasteiger partial charge in [0.1, 0.15) is 6.54 Å². The third-order valence-corrected chi connectivity index (χ3v) is 7.89. The van der Waals surface area contributed by atoms with Gasteiger partial charge in [-0.05, 0) is 59.0 Å². The van der Waals surface area contributed by atoms with Gasteiger partial charge in [-0.3, -0.25) is 9.10 Å². The normalized spacial score (nSPS) is 11.5. The van der Waals surface area contributed by atoms with Gasteiger partial charge in [-0.1, -0.05) is 86.1 Å². The number of nitrogens with one attached hydrogen (secondary N) is 1. The first-order valence-corrected chi connectivity index (χ1v) is 13.1. The van der Waals surface area contributed by atoms with Crippen molar-refractivity contribution in [1.82, 2.24) is 5.32 Å². The number of amides is 1. The fourth-order valence-electron chi connectivity index (χ4n) is 4.00. The molecule has 6 heteroatoms. The zero-order valence-corrected chi connectivity index (χ0v) is 21.0. The Morgan fingerprint density at radius 1 is 0.857 bits per heavy atom. The lowest BCUT2D eigenvalue weighted by Crippen LogP contribution is -2.40. The van der Waals surface area contributed by atoms with Crippen LogP contribution in [0.5, 0.6) is 0 Å². The summed E-state index contributed by atoms with van der Waals surface area (Å²) in [7, 11) is -3.94. The van der Waals surface area contributed by atoms with Crippen molar-refractivity contribution < 1.29 is 13.2 Å². The Bertz CT molecular complexity index is 1420. The number of sulfonamides is 1. The molecule has 0 aliphatic heterocycles. The zero-order valence-electron chi connectivity index (χ0n) is 20.2. The number of nitrogens with zero attached hydrogens (tertiary/aromatic N) is 1. The van der Waals surface area contributed by atoms with Gasteiger partial charge in [0.25, 0.3) is 10.0 Å². The molecule has 4 aromatic carbocycles. The van der Waals surface area contributed by atoms with E-state index >= 15 is 0 Å². The van der Waals surface area contributed by atoms with E-state index in [-0.39, 0.29) is 17.3 Å². The zero-order chi connectivity index (χ0) is 25.0. The molecule has 0 atom stereocenters. The monoisotopic (exact) mass is 486 g/mol. The molecule has 0 bridgehead atoms. The average Bonchev–Trinajstić information content (AvgIpc) is 2.86. The fraction of sp³-hybridized carbons (Fsp3) is 0.207. The fourth-order valence-corrected chi connectivity index (χ4v) is 5.43. The van der Waals surface area contributed by atoms with Crippen LogP contribution in [0, 0.1) is 6.92 Å². The highest BCUT2D eigenvalue weighted by Crippen LogP contribution is 2.26. The highest BCUT2D eigenvalue weighted by atomic mass is 32.2. The Labute approximate surface area is 207 Å². The summed E-state index contributed by atoms with van der Waals surface area (Å²) in [6.45, 7) is 6.06. The van der Waals surface area contributed by atoms with E-state index in [1.165, 1.54) is 4.31 Å². The molecule has 0 heterocycles. The quantitative estimate of drug-likeness (QED) is 0.343. The van der Waals surface area contributed by atoms with Crippen LogP contribution in [0.4, 0.5) is 5.69 Å². The largest absolute Gasteiger partial charge is 0.350 e. The topological polar surface area (TPSA) is 66.5 Å². The van der Waals surface area contributed by atoms with Crippen molar-refractivity contribution >= 4 is 32.4 Å². The van der Waals surface area contributed by atoms with Crippen LogP contribution in [0.3, 0.4) is 0 Å². The molecule has 0 saturated heterocycles. The van der Waals surface area contributed by atoms with Crippen molar-refractivity contribution in [2.75, 3.05) is 10.8 Å². The molecule has 0 radical (unpaired) electrons. The van der Waals surface area contributed by atoms with Crippen LogP contribution in [0.2, 0.25) is 0 Å². The number of anilines is 1. The minimum absolute atomic E-state index is 0.151. The van der Waals surface area contributed by atoms with Crippen molar-refractivity contribution in [3.8, 4) is 0 Å². The van der Waals surface area contributed by atoms with E-state index in [1.54, 1.807) is 36.4 Å². The van der Waals surface area contributed by atoms with E-state index in [9.17, 15) is 13.2 Å². The number of benzene rings is 4. The van der Waals surface area contributed by atoms with E-state index < -0.39 is 10.0 Å². The molecule has 5 nitrogen and oxygen atoms in total. The molecular weight excluding hydrogens is 456 g/mol. The minimum Gasteiger partial charge on any atom is -0.350 e. The number of hydrogen-bond acceptors (Lipinski definition) is 3. The smallest absolute Gasteiger partial charge is 0.264 e. The van der Waals surface area contributed by atoms with Crippen molar-refractivity contribution in [2.45, 2.75) is 38.1 Å². The average molecular weight is 487 g/mol. The van der Waals surface area contributed by atoms with E-state index in [4.69, 9.17) is 0 Å². The molecule has 0 unspecified atom stereocenters. The van der Waals surface area contributed by atoms with Crippen LogP contribution in [0.1, 0.15) is 36.5 Å². The summed E-state index contributed by atoms with van der Waals surface area (Å²) in [6.07, 6.45) is 0. The number of fused-ring (bicyclic) bond motifs is 1. The number of rotatable bonds is 8. The van der Waals surface area contributed by atoms with Crippen LogP contribution in [0.25, 0.3) is 10.8 Å². The predicted molar refractivity (Wildman–Crippen MR) is 142 cm³/mol. The number of aryl methyl sites for hydroxylation is 1. The Balaban J connectivity index is 1.60. The summed E-state index contributed by atoms with van der Waals surface area (Å²) >= 11 is 0. The van der Waals surface area contributed by atoms with Gasteiger partial charge in [-0.2, -0.15) is 0 Å². The lowest BCUT2D eigenvalue weighted by atomic mass is 10.0. The Kier molecular flexibility index (Phi) is 7.22. The van der Waals surface area contributed by atoms with Gasteiger partial charge in [0.2, 0.25) is 5.91 Å². The minimum atomic E-state index is -3.94. The van der Waals surface area contributed by atoms with Crippen molar-refractivity contribution in [3.05, 3.63) is 108 Å². The van der Waals surface area contributed by atoms with Crippen molar-refractivity contribution in [1.29, 1.82) is 0 Å². The predicted octanol–water partition coefficient (Wildman–Crippen LogP) is 5.78. The van der Waals surface area contributed by atoms with E-state index in [0.717, 1.165) is 27.5 Å². The van der Waals surface area contributed by atoms with Crippen LogP contribution >= 0.6 is 0 Å². The SMILES string of the molecule is Cc1ccc(S(=O)(=O)N(CC(=O)NCc2cccc3ccccc23)c2ccc(C(C)C)cc2)cc1. The Morgan fingerprint density at radius 2 is 1.51 bits per heavy atom. The summed E-state index contributed by atoms with van der Waals surface area (Å²) < 4.78 is 28.4. The van der Waals surface area contributed by atoms with Crippen molar-refractivity contribution in [3.63, 3.8) is 0 Å². The van der Waals surface area contributed by atoms with Gasteiger partial charge in [-0.25, -0.2) is 8.42 Å². The first-order chi connectivity index (χ1) is 16.8. The first-order valence-electron chi connectivity index (χ1n) is 11.7.